The van der Waals surface area contributed by atoms with E-state index in [0.29, 0.717) is 24.4 Å². The molecule has 1 N–H and O–H groups in total. The van der Waals surface area contributed by atoms with E-state index in [0.717, 1.165) is 48.2 Å². The van der Waals surface area contributed by atoms with Crippen molar-refractivity contribution >= 4 is 23.5 Å². The first-order valence-electron chi connectivity index (χ1n) is 11.5. The number of halogens is 1. The number of piperidine rings is 1. The first-order valence-corrected chi connectivity index (χ1v) is 11.8. The molecule has 0 unspecified atom stereocenters. The third-order valence-corrected chi connectivity index (χ3v) is 6.60. The molecule has 2 heterocycles. The van der Waals surface area contributed by atoms with Gasteiger partial charge in [-0.1, -0.05) is 29.8 Å². The van der Waals surface area contributed by atoms with Crippen molar-refractivity contribution in [1.82, 2.24) is 4.98 Å². The summed E-state index contributed by atoms with van der Waals surface area (Å²) in [5.41, 5.74) is 1.82. The van der Waals surface area contributed by atoms with E-state index in [1.807, 2.05) is 42.5 Å². The molecule has 8 heteroatoms. The molecule has 1 aromatic heterocycles. The number of pyridine rings is 1. The first kappa shape index (κ1) is 25.1. The Morgan fingerprint density at radius 2 is 1.76 bits per heavy atom. The average molecular weight is 475 g/mol. The van der Waals surface area contributed by atoms with Gasteiger partial charge < -0.3 is 24.2 Å². The van der Waals surface area contributed by atoms with Crippen molar-refractivity contribution in [2.45, 2.75) is 50.7 Å². The maximum atomic E-state index is 11.0. The van der Waals surface area contributed by atoms with Crippen molar-refractivity contribution in [3.8, 4) is 0 Å². The monoisotopic (exact) mass is 474 g/mol. The molecule has 0 radical (unpaired) electrons. The number of carbonyl (C=O) groups excluding carboxylic acids is 1. The number of rotatable bonds is 12. The Hall–Kier alpha value is -2.48. The second-order valence-electron chi connectivity index (χ2n) is 8.73. The summed E-state index contributed by atoms with van der Waals surface area (Å²) in [6, 6.07) is 13.4. The van der Waals surface area contributed by atoms with E-state index in [2.05, 4.69) is 4.98 Å². The summed E-state index contributed by atoms with van der Waals surface area (Å²) >= 11 is 6.07. The van der Waals surface area contributed by atoms with Crippen LogP contribution in [0.4, 0.5) is 0 Å². The van der Waals surface area contributed by atoms with Gasteiger partial charge in [-0.15, -0.1) is 0 Å². The van der Waals surface area contributed by atoms with Crippen LogP contribution in [0.1, 0.15) is 55.9 Å². The van der Waals surface area contributed by atoms with Gasteiger partial charge in [0.05, 0.1) is 44.4 Å². The van der Waals surface area contributed by atoms with Crippen LogP contribution in [0.2, 0.25) is 5.02 Å². The van der Waals surface area contributed by atoms with Crippen LogP contribution in [-0.2, 0) is 14.3 Å². The summed E-state index contributed by atoms with van der Waals surface area (Å²) in [4.78, 5) is 26.4. The average Bonchev–Trinajstić information content (AvgIpc) is 2.79. The van der Waals surface area contributed by atoms with Gasteiger partial charge in [-0.2, -0.15) is 0 Å². The lowest BCUT2D eigenvalue weighted by Crippen LogP contribution is -2.55. The van der Waals surface area contributed by atoms with E-state index in [9.17, 15) is 14.7 Å². The van der Waals surface area contributed by atoms with Crippen LogP contribution >= 0.6 is 11.6 Å². The molecule has 1 fully saturated rings. The maximum absolute atomic E-state index is 11.0. The number of carboxylic acids is 2. The van der Waals surface area contributed by atoms with Crippen LogP contribution in [-0.4, -0.2) is 58.8 Å². The molecule has 0 bridgehead atoms. The van der Waals surface area contributed by atoms with Gasteiger partial charge in [0.25, 0.3) is 0 Å². The third kappa shape index (κ3) is 7.81. The molecule has 1 aromatic carbocycles. The van der Waals surface area contributed by atoms with Crippen LogP contribution in [0, 0.1) is 0 Å². The standard InChI is InChI=1S/C25H31ClN2O5/c26-20-10-8-19(9-11-20)25(22-5-1-2-14-27-22)33-21-12-17-28(18-13-21,15-3-6-23(29)30)16-4-7-24(31)32/h1-2,5,8-11,14,21,25H,3-4,6-7,12-13,15-18H2,(H-,29,30,31,32)/t25-/m0/s1. The van der Waals surface area contributed by atoms with Crippen molar-refractivity contribution < 1.29 is 29.0 Å². The predicted molar refractivity (Wildman–Crippen MR) is 122 cm³/mol. The molecule has 1 aliphatic rings. The van der Waals surface area contributed by atoms with Gasteiger partial charge in [0.15, 0.2) is 0 Å². The Morgan fingerprint density at radius 3 is 2.33 bits per heavy atom. The summed E-state index contributed by atoms with van der Waals surface area (Å²) in [5, 5.41) is 20.6. The first-order chi connectivity index (χ1) is 15.9. The van der Waals surface area contributed by atoms with Gasteiger partial charge >= 0.3 is 5.97 Å². The zero-order chi connectivity index (χ0) is 23.7. The second-order valence-corrected chi connectivity index (χ2v) is 9.17. The minimum Gasteiger partial charge on any atom is -0.550 e. The highest BCUT2D eigenvalue weighted by Crippen LogP contribution is 2.31. The van der Waals surface area contributed by atoms with Crippen LogP contribution in [0.15, 0.2) is 48.7 Å². The van der Waals surface area contributed by atoms with Gasteiger partial charge in [-0.25, -0.2) is 0 Å². The molecule has 2 aromatic rings. The maximum Gasteiger partial charge on any atom is 0.303 e. The van der Waals surface area contributed by atoms with Crippen molar-refractivity contribution in [3.05, 3.63) is 64.9 Å². The van der Waals surface area contributed by atoms with Crippen molar-refractivity contribution in [3.63, 3.8) is 0 Å². The van der Waals surface area contributed by atoms with Crippen molar-refractivity contribution in [2.75, 3.05) is 26.2 Å². The number of aliphatic carboxylic acids is 2. The van der Waals surface area contributed by atoms with E-state index in [1.165, 1.54) is 0 Å². The molecule has 0 saturated carbocycles. The number of aromatic nitrogens is 1. The number of nitrogens with zero attached hydrogens (tertiary/aromatic N) is 2. The van der Waals surface area contributed by atoms with E-state index >= 15 is 0 Å². The minimum absolute atomic E-state index is 0.0250. The number of benzene rings is 1. The Balaban J connectivity index is 1.67. The highest BCUT2D eigenvalue weighted by molar-refractivity contribution is 6.30. The summed E-state index contributed by atoms with van der Waals surface area (Å²) in [5.74, 6) is -1.85. The molecular formula is C25H31ClN2O5. The molecule has 0 amide bonds. The lowest BCUT2D eigenvalue weighted by atomic mass is 10.0. The zero-order valence-electron chi connectivity index (χ0n) is 18.7. The van der Waals surface area contributed by atoms with Crippen molar-refractivity contribution in [2.24, 2.45) is 0 Å². The van der Waals surface area contributed by atoms with E-state index in [4.69, 9.17) is 21.4 Å². The largest absolute Gasteiger partial charge is 0.550 e. The topological polar surface area (TPSA) is 99.5 Å². The van der Waals surface area contributed by atoms with Crippen molar-refractivity contribution in [1.29, 1.82) is 0 Å². The van der Waals surface area contributed by atoms with Crippen LogP contribution in [0.3, 0.4) is 0 Å². The molecule has 3 rings (SSSR count). The molecule has 7 nitrogen and oxygen atoms in total. The zero-order valence-corrected chi connectivity index (χ0v) is 19.5. The highest BCUT2D eigenvalue weighted by Gasteiger charge is 2.35. The van der Waals surface area contributed by atoms with Gasteiger partial charge in [0.1, 0.15) is 6.10 Å². The number of hydrogen-bond donors (Lipinski definition) is 1. The summed E-state index contributed by atoms with van der Waals surface area (Å²) in [7, 11) is 0. The number of likely N-dealkylation sites (tertiary alicyclic amines) is 1. The van der Waals surface area contributed by atoms with E-state index in [1.54, 1.807) is 6.20 Å². The van der Waals surface area contributed by atoms with Crippen LogP contribution in [0.5, 0.6) is 0 Å². The molecule has 1 atom stereocenters. The molecule has 178 valence electrons. The highest BCUT2D eigenvalue weighted by atomic mass is 35.5. The number of carbonyl (C=O) groups is 2. The van der Waals surface area contributed by atoms with Gasteiger partial charge in [0, 0.05) is 42.9 Å². The number of quaternary nitrogens is 1. The van der Waals surface area contributed by atoms with E-state index in [-0.39, 0.29) is 25.0 Å². The molecule has 1 aliphatic heterocycles. The van der Waals surface area contributed by atoms with Gasteiger partial charge in [0.2, 0.25) is 0 Å². The molecule has 0 spiro atoms. The van der Waals surface area contributed by atoms with Gasteiger partial charge in [-0.3, -0.25) is 9.78 Å². The lowest BCUT2D eigenvalue weighted by Gasteiger charge is -2.44. The molecule has 0 aliphatic carbocycles. The minimum atomic E-state index is -1.04. The summed E-state index contributed by atoms with van der Waals surface area (Å²) in [6.07, 6.45) is 4.36. The Kier molecular flexibility index (Phi) is 9.23. The number of hydrogen-bond acceptors (Lipinski definition) is 5. The fourth-order valence-corrected chi connectivity index (χ4v) is 4.72. The van der Waals surface area contributed by atoms with Gasteiger partial charge in [-0.05, 0) is 36.2 Å². The lowest BCUT2D eigenvalue weighted by molar-refractivity contribution is -0.933. The Morgan fingerprint density at radius 1 is 1.09 bits per heavy atom. The fraction of sp³-hybridized carbons (Fsp3) is 0.480. The fourth-order valence-electron chi connectivity index (χ4n) is 4.59. The van der Waals surface area contributed by atoms with Crippen LogP contribution < -0.4 is 5.11 Å². The summed E-state index contributed by atoms with van der Waals surface area (Å²) in [6.45, 7) is 3.09. The smallest absolute Gasteiger partial charge is 0.303 e. The predicted octanol–water partition coefficient (Wildman–Crippen LogP) is 3.22. The SMILES string of the molecule is O=C([O-])CCC[N+]1(CCCC(=O)O)CCC(O[C@@H](c2ccc(Cl)cc2)c2ccccn2)CC1. The molecule has 1 saturated heterocycles. The van der Waals surface area contributed by atoms with E-state index < -0.39 is 11.9 Å². The Bertz CT molecular complexity index is 877. The quantitative estimate of drug-likeness (QED) is 0.474. The molecular weight excluding hydrogens is 444 g/mol. The normalized spacial score (nSPS) is 21.4. The Labute approximate surface area is 199 Å². The number of carboxylic acid groups (broad SMARTS) is 2. The number of ether oxygens (including phenoxy) is 1. The molecule has 33 heavy (non-hydrogen) atoms. The third-order valence-electron chi connectivity index (χ3n) is 6.34. The summed E-state index contributed by atoms with van der Waals surface area (Å²) < 4.78 is 7.30. The second kappa shape index (κ2) is 12.1. The van der Waals surface area contributed by atoms with Crippen LogP contribution in [0.25, 0.3) is 0 Å².